The van der Waals surface area contributed by atoms with Gasteiger partial charge in [0.15, 0.2) is 0 Å². The van der Waals surface area contributed by atoms with E-state index in [1.807, 2.05) is 55.9 Å². The second kappa shape index (κ2) is 5.23. The topological polar surface area (TPSA) is 53.1 Å². The van der Waals surface area contributed by atoms with Crippen LogP contribution in [-0.4, -0.2) is 15.9 Å². The lowest BCUT2D eigenvalue weighted by Crippen LogP contribution is -2.05. The highest BCUT2D eigenvalue weighted by Crippen LogP contribution is 2.23. The highest BCUT2D eigenvalue weighted by molar-refractivity contribution is 5.61. The van der Waals surface area contributed by atoms with Crippen LogP contribution in [0.15, 0.2) is 30.3 Å². The first-order valence-electron chi connectivity index (χ1n) is 6.10. The lowest BCUT2D eigenvalue weighted by atomic mass is 10.1. The molecule has 0 atom stereocenters. The maximum absolute atomic E-state index is 5.62. The van der Waals surface area contributed by atoms with Crippen molar-refractivity contribution in [3.05, 3.63) is 36.0 Å². The van der Waals surface area contributed by atoms with E-state index in [2.05, 4.69) is 5.10 Å². The predicted octanol–water partition coefficient (Wildman–Crippen LogP) is 2.33. The fraction of sp³-hybridized carbons (Fsp3) is 0.357. The Kier molecular flexibility index (Phi) is 3.67. The quantitative estimate of drug-likeness (QED) is 0.899. The van der Waals surface area contributed by atoms with Gasteiger partial charge in [0.05, 0.1) is 17.5 Å². The van der Waals surface area contributed by atoms with Crippen molar-refractivity contribution in [2.75, 3.05) is 0 Å². The number of hydrogen-bond donors (Lipinski definition) is 1. The summed E-state index contributed by atoms with van der Waals surface area (Å²) in [6.07, 6.45) is 0.191. The van der Waals surface area contributed by atoms with E-state index in [4.69, 9.17) is 10.5 Å². The summed E-state index contributed by atoms with van der Waals surface area (Å²) in [6.45, 7) is 4.49. The summed E-state index contributed by atoms with van der Waals surface area (Å²) in [5, 5.41) is 4.34. The van der Waals surface area contributed by atoms with E-state index >= 15 is 0 Å². The van der Waals surface area contributed by atoms with Crippen LogP contribution in [0.25, 0.3) is 11.3 Å². The summed E-state index contributed by atoms with van der Waals surface area (Å²) in [6, 6.07) is 10.0. The molecule has 96 valence electrons. The molecular weight excluding hydrogens is 226 g/mol. The molecule has 0 saturated carbocycles. The van der Waals surface area contributed by atoms with Gasteiger partial charge in [0.25, 0.3) is 0 Å². The van der Waals surface area contributed by atoms with Crippen LogP contribution in [-0.2, 0) is 13.6 Å². The molecule has 2 aromatic rings. The molecule has 0 aliphatic rings. The maximum atomic E-state index is 5.62. The molecule has 0 aliphatic heterocycles. The second-order valence-corrected chi connectivity index (χ2v) is 4.54. The lowest BCUT2D eigenvalue weighted by molar-refractivity contribution is 0.242. The minimum Gasteiger partial charge on any atom is -0.491 e. The number of benzene rings is 1. The van der Waals surface area contributed by atoms with Gasteiger partial charge in [0.1, 0.15) is 5.75 Å². The third kappa shape index (κ3) is 2.71. The Morgan fingerprint density at radius 1 is 1.28 bits per heavy atom. The van der Waals surface area contributed by atoms with Gasteiger partial charge >= 0.3 is 0 Å². The number of nitrogens with zero attached hydrogens (tertiary/aromatic N) is 2. The van der Waals surface area contributed by atoms with Crippen molar-refractivity contribution in [2.45, 2.75) is 26.5 Å². The molecule has 18 heavy (non-hydrogen) atoms. The van der Waals surface area contributed by atoms with E-state index < -0.39 is 0 Å². The molecule has 0 unspecified atom stereocenters. The van der Waals surface area contributed by atoms with Crippen LogP contribution >= 0.6 is 0 Å². The van der Waals surface area contributed by atoms with Crippen LogP contribution in [0.1, 0.15) is 19.5 Å². The molecule has 4 heteroatoms. The SMILES string of the molecule is CC(C)Oc1ccc(-c2cc(CN)nn2C)cc1. The van der Waals surface area contributed by atoms with E-state index in [9.17, 15) is 0 Å². The minimum atomic E-state index is 0.191. The first-order chi connectivity index (χ1) is 8.60. The molecule has 0 fully saturated rings. The van der Waals surface area contributed by atoms with Crippen LogP contribution in [0.3, 0.4) is 0 Å². The highest BCUT2D eigenvalue weighted by atomic mass is 16.5. The Labute approximate surface area is 107 Å². The number of rotatable bonds is 4. The molecule has 0 bridgehead atoms. The average Bonchev–Trinajstić information content (AvgIpc) is 2.71. The molecule has 2 N–H and O–H groups in total. The molecule has 0 saturated heterocycles. The van der Waals surface area contributed by atoms with Gasteiger partial charge in [-0.2, -0.15) is 5.10 Å². The van der Waals surface area contributed by atoms with Gasteiger partial charge in [-0.15, -0.1) is 0 Å². The molecule has 0 aliphatic carbocycles. The van der Waals surface area contributed by atoms with Crippen LogP contribution in [0.5, 0.6) is 5.75 Å². The minimum absolute atomic E-state index is 0.191. The average molecular weight is 245 g/mol. The number of ether oxygens (including phenoxy) is 1. The van der Waals surface area contributed by atoms with E-state index in [0.717, 1.165) is 22.7 Å². The number of nitrogens with two attached hydrogens (primary N) is 1. The fourth-order valence-corrected chi connectivity index (χ4v) is 1.87. The maximum Gasteiger partial charge on any atom is 0.119 e. The van der Waals surface area contributed by atoms with Gasteiger partial charge < -0.3 is 10.5 Å². The Hall–Kier alpha value is -1.81. The highest BCUT2D eigenvalue weighted by Gasteiger charge is 2.06. The molecule has 2 rings (SSSR count). The summed E-state index contributed by atoms with van der Waals surface area (Å²) < 4.78 is 7.47. The molecule has 0 amide bonds. The van der Waals surface area contributed by atoms with Crippen molar-refractivity contribution < 1.29 is 4.74 Å². The van der Waals surface area contributed by atoms with Gasteiger partial charge in [-0.3, -0.25) is 4.68 Å². The van der Waals surface area contributed by atoms with Crippen molar-refractivity contribution in [3.63, 3.8) is 0 Å². The van der Waals surface area contributed by atoms with Gasteiger partial charge in [-0.25, -0.2) is 0 Å². The van der Waals surface area contributed by atoms with E-state index in [0.29, 0.717) is 6.54 Å². The largest absolute Gasteiger partial charge is 0.491 e. The summed E-state index contributed by atoms with van der Waals surface area (Å²) in [5.41, 5.74) is 8.66. The van der Waals surface area contributed by atoms with E-state index in [-0.39, 0.29) is 6.10 Å². The molecule has 0 spiro atoms. The van der Waals surface area contributed by atoms with Crippen molar-refractivity contribution in [1.29, 1.82) is 0 Å². The van der Waals surface area contributed by atoms with Gasteiger partial charge in [0, 0.05) is 19.2 Å². The third-order valence-electron chi connectivity index (χ3n) is 2.66. The number of aromatic nitrogens is 2. The number of aryl methyl sites for hydroxylation is 1. The summed E-state index contributed by atoms with van der Waals surface area (Å²) in [5.74, 6) is 0.884. The van der Waals surface area contributed by atoms with Gasteiger partial charge in [-0.05, 0) is 44.2 Å². The normalized spacial score (nSPS) is 10.9. The van der Waals surface area contributed by atoms with Crippen LogP contribution < -0.4 is 10.5 Å². The van der Waals surface area contributed by atoms with Crippen LogP contribution in [0.4, 0.5) is 0 Å². The molecule has 4 nitrogen and oxygen atoms in total. The van der Waals surface area contributed by atoms with Crippen LogP contribution in [0, 0.1) is 0 Å². The van der Waals surface area contributed by atoms with Crippen molar-refractivity contribution in [2.24, 2.45) is 12.8 Å². The van der Waals surface area contributed by atoms with E-state index in [1.165, 1.54) is 0 Å². The summed E-state index contributed by atoms with van der Waals surface area (Å²) >= 11 is 0. The standard InChI is InChI=1S/C14H19N3O/c1-10(2)18-13-6-4-11(5-7-13)14-8-12(9-15)16-17(14)3/h4-8,10H,9,15H2,1-3H3. The second-order valence-electron chi connectivity index (χ2n) is 4.54. The van der Waals surface area contributed by atoms with E-state index in [1.54, 1.807) is 0 Å². The fourth-order valence-electron chi connectivity index (χ4n) is 1.87. The Bertz CT molecular complexity index is 514. The smallest absolute Gasteiger partial charge is 0.119 e. The summed E-state index contributed by atoms with van der Waals surface area (Å²) in [4.78, 5) is 0. The molecule has 0 radical (unpaired) electrons. The van der Waals surface area contributed by atoms with Crippen molar-refractivity contribution in [1.82, 2.24) is 9.78 Å². The Morgan fingerprint density at radius 3 is 2.44 bits per heavy atom. The first kappa shape index (κ1) is 12.6. The monoisotopic (exact) mass is 245 g/mol. The first-order valence-corrected chi connectivity index (χ1v) is 6.10. The Balaban J connectivity index is 2.25. The molecule has 1 aromatic heterocycles. The molecule has 1 aromatic carbocycles. The Morgan fingerprint density at radius 2 is 1.94 bits per heavy atom. The van der Waals surface area contributed by atoms with Crippen LogP contribution in [0.2, 0.25) is 0 Å². The zero-order valence-corrected chi connectivity index (χ0v) is 11.1. The predicted molar refractivity (Wildman–Crippen MR) is 72.3 cm³/mol. The van der Waals surface area contributed by atoms with Crippen molar-refractivity contribution in [3.8, 4) is 17.0 Å². The zero-order valence-electron chi connectivity index (χ0n) is 11.1. The lowest BCUT2D eigenvalue weighted by Gasteiger charge is -2.10. The van der Waals surface area contributed by atoms with Gasteiger partial charge in [0.2, 0.25) is 0 Å². The molecule has 1 heterocycles. The zero-order chi connectivity index (χ0) is 13.1. The van der Waals surface area contributed by atoms with Crippen molar-refractivity contribution >= 4 is 0 Å². The van der Waals surface area contributed by atoms with Gasteiger partial charge in [-0.1, -0.05) is 0 Å². The summed E-state index contributed by atoms with van der Waals surface area (Å²) in [7, 11) is 1.92. The third-order valence-corrected chi connectivity index (χ3v) is 2.66. The number of hydrogen-bond acceptors (Lipinski definition) is 3. The molecular formula is C14H19N3O.